The van der Waals surface area contributed by atoms with Crippen molar-refractivity contribution in [3.8, 4) is 11.5 Å². The standard InChI is InChI=1S/C17H22ClNO3/c1-19(13-6-4-5-7-13)16(20)9-8-12-10-14(18)17(22-3)15(11-12)21-2/h8-11,13H,4-7H2,1-3H3. The highest BCUT2D eigenvalue weighted by molar-refractivity contribution is 6.32. The van der Waals surface area contributed by atoms with E-state index in [1.165, 1.54) is 12.8 Å². The number of hydrogen-bond acceptors (Lipinski definition) is 3. The van der Waals surface area contributed by atoms with Crippen molar-refractivity contribution < 1.29 is 14.3 Å². The van der Waals surface area contributed by atoms with Crippen molar-refractivity contribution in [1.29, 1.82) is 0 Å². The maximum Gasteiger partial charge on any atom is 0.246 e. The van der Waals surface area contributed by atoms with E-state index in [-0.39, 0.29) is 5.91 Å². The number of nitrogens with zero attached hydrogens (tertiary/aromatic N) is 1. The number of rotatable bonds is 5. The molecule has 0 saturated heterocycles. The first-order valence-corrected chi connectivity index (χ1v) is 7.81. The molecule has 1 aliphatic rings. The maximum absolute atomic E-state index is 12.2. The highest BCUT2D eigenvalue weighted by Gasteiger charge is 2.21. The number of carbonyl (C=O) groups is 1. The first-order valence-electron chi connectivity index (χ1n) is 7.43. The summed E-state index contributed by atoms with van der Waals surface area (Å²) in [4.78, 5) is 14.0. The number of ether oxygens (including phenoxy) is 2. The number of amides is 1. The maximum atomic E-state index is 12.2. The van der Waals surface area contributed by atoms with Gasteiger partial charge in [0, 0.05) is 19.2 Å². The van der Waals surface area contributed by atoms with E-state index in [9.17, 15) is 4.79 Å². The summed E-state index contributed by atoms with van der Waals surface area (Å²) in [6.07, 6.45) is 7.93. The third-order valence-corrected chi connectivity index (χ3v) is 4.38. The second-order valence-electron chi connectivity index (χ2n) is 5.46. The van der Waals surface area contributed by atoms with Crippen molar-refractivity contribution in [2.45, 2.75) is 31.7 Å². The molecule has 120 valence electrons. The Kier molecular flexibility index (Phi) is 5.72. The van der Waals surface area contributed by atoms with Gasteiger partial charge >= 0.3 is 0 Å². The molecule has 0 bridgehead atoms. The van der Waals surface area contributed by atoms with Crippen LogP contribution in [0.4, 0.5) is 0 Å². The molecule has 0 heterocycles. The number of hydrogen-bond donors (Lipinski definition) is 0. The average molecular weight is 324 g/mol. The molecule has 4 nitrogen and oxygen atoms in total. The molecule has 0 radical (unpaired) electrons. The third-order valence-electron chi connectivity index (χ3n) is 4.09. The van der Waals surface area contributed by atoms with Gasteiger partial charge in [-0.05, 0) is 36.6 Å². The minimum atomic E-state index is 0.0119. The molecule has 0 aromatic heterocycles. The van der Waals surface area contributed by atoms with E-state index in [1.54, 1.807) is 38.5 Å². The molecular weight excluding hydrogens is 302 g/mol. The predicted octanol–water partition coefficient (Wildman–Crippen LogP) is 3.77. The van der Waals surface area contributed by atoms with Crippen LogP contribution in [0.25, 0.3) is 6.08 Å². The lowest BCUT2D eigenvalue weighted by Crippen LogP contribution is -2.33. The molecule has 1 fully saturated rings. The molecule has 0 aliphatic heterocycles. The summed E-state index contributed by atoms with van der Waals surface area (Å²) in [6.45, 7) is 0. The van der Waals surface area contributed by atoms with Gasteiger partial charge in [0.15, 0.2) is 11.5 Å². The molecule has 0 unspecified atom stereocenters. The van der Waals surface area contributed by atoms with Gasteiger partial charge in [0.2, 0.25) is 5.91 Å². The lowest BCUT2D eigenvalue weighted by molar-refractivity contribution is -0.126. The van der Waals surface area contributed by atoms with Crippen molar-refractivity contribution in [3.63, 3.8) is 0 Å². The van der Waals surface area contributed by atoms with Crippen LogP contribution >= 0.6 is 11.6 Å². The summed E-state index contributed by atoms with van der Waals surface area (Å²) in [5, 5.41) is 0.457. The highest BCUT2D eigenvalue weighted by atomic mass is 35.5. The van der Waals surface area contributed by atoms with E-state index < -0.39 is 0 Å². The number of likely N-dealkylation sites (N-methyl/N-ethyl adjacent to an activating group) is 1. The SMILES string of the molecule is COc1cc(C=CC(=O)N(C)C2CCCC2)cc(Cl)c1OC. The first-order chi connectivity index (χ1) is 10.6. The van der Waals surface area contributed by atoms with Crippen LogP contribution in [-0.4, -0.2) is 38.1 Å². The molecule has 22 heavy (non-hydrogen) atoms. The zero-order chi connectivity index (χ0) is 16.1. The average Bonchev–Trinajstić information content (AvgIpc) is 3.05. The van der Waals surface area contributed by atoms with E-state index in [0.29, 0.717) is 22.6 Å². The van der Waals surface area contributed by atoms with E-state index in [2.05, 4.69) is 0 Å². The predicted molar refractivity (Wildman–Crippen MR) is 88.6 cm³/mol. The van der Waals surface area contributed by atoms with E-state index >= 15 is 0 Å². The van der Waals surface area contributed by atoms with Crippen LogP contribution in [0.3, 0.4) is 0 Å². The van der Waals surface area contributed by atoms with Crippen molar-refractivity contribution >= 4 is 23.6 Å². The number of carbonyl (C=O) groups excluding carboxylic acids is 1. The van der Waals surface area contributed by atoms with Crippen LogP contribution in [0.15, 0.2) is 18.2 Å². The molecule has 0 spiro atoms. The molecular formula is C17H22ClNO3. The monoisotopic (exact) mass is 323 g/mol. The zero-order valence-electron chi connectivity index (χ0n) is 13.3. The quantitative estimate of drug-likeness (QED) is 0.774. The van der Waals surface area contributed by atoms with Crippen LogP contribution in [0.2, 0.25) is 5.02 Å². The lowest BCUT2D eigenvalue weighted by Gasteiger charge is -2.22. The van der Waals surface area contributed by atoms with Crippen LogP contribution < -0.4 is 9.47 Å². The molecule has 0 atom stereocenters. The molecule has 1 amide bonds. The largest absolute Gasteiger partial charge is 0.493 e. The molecule has 5 heteroatoms. The van der Waals surface area contributed by atoms with Gasteiger partial charge in [0.1, 0.15) is 0 Å². The highest BCUT2D eigenvalue weighted by Crippen LogP contribution is 2.36. The Morgan fingerprint density at radius 3 is 2.55 bits per heavy atom. The van der Waals surface area contributed by atoms with Crippen LogP contribution in [-0.2, 0) is 4.79 Å². The van der Waals surface area contributed by atoms with Crippen molar-refractivity contribution in [2.75, 3.05) is 21.3 Å². The molecule has 0 N–H and O–H groups in total. The fraction of sp³-hybridized carbons (Fsp3) is 0.471. The molecule has 1 aliphatic carbocycles. The van der Waals surface area contributed by atoms with Crippen molar-refractivity contribution in [3.05, 3.63) is 28.8 Å². The van der Waals surface area contributed by atoms with E-state index in [0.717, 1.165) is 18.4 Å². The Balaban J connectivity index is 2.12. The zero-order valence-corrected chi connectivity index (χ0v) is 14.0. The van der Waals surface area contributed by atoms with Gasteiger partial charge < -0.3 is 14.4 Å². The fourth-order valence-corrected chi connectivity index (χ4v) is 3.09. The topological polar surface area (TPSA) is 38.8 Å². The molecule has 1 aromatic rings. The van der Waals surface area contributed by atoms with Crippen LogP contribution in [0.1, 0.15) is 31.2 Å². The summed E-state index contributed by atoms with van der Waals surface area (Å²) < 4.78 is 10.5. The summed E-state index contributed by atoms with van der Waals surface area (Å²) in [5.41, 5.74) is 0.802. The summed E-state index contributed by atoms with van der Waals surface area (Å²) in [6, 6.07) is 3.91. The molecule has 2 rings (SSSR count). The van der Waals surface area contributed by atoms with E-state index in [4.69, 9.17) is 21.1 Å². The van der Waals surface area contributed by atoms with Crippen molar-refractivity contribution in [2.24, 2.45) is 0 Å². The van der Waals surface area contributed by atoms with Gasteiger partial charge in [0.05, 0.1) is 19.2 Å². The Labute approximate surface area is 136 Å². The Bertz CT molecular complexity index is 565. The van der Waals surface area contributed by atoms with Gasteiger partial charge in [-0.1, -0.05) is 24.4 Å². The number of methoxy groups -OCH3 is 2. The number of halogens is 1. The minimum absolute atomic E-state index is 0.0119. The second kappa shape index (κ2) is 7.54. The van der Waals surface area contributed by atoms with Gasteiger partial charge in [-0.3, -0.25) is 4.79 Å². The second-order valence-corrected chi connectivity index (χ2v) is 5.87. The molecule has 1 aromatic carbocycles. The fourth-order valence-electron chi connectivity index (χ4n) is 2.79. The lowest BCUT2D eigenvalue weighted by atomic mass is 10.1. The first kappa shape index (κ1) is 16.7. The summed E-state index contributed by atoms with van der Waals surface area (Å²) in [7, 11) is 4.96. The summed E-state index contributed by atoms with van der Waals surface area (Å²) >= 11 is 6.16. The van der Waals surface area contributed by atoms with E-state index in [1.807, 2.05) is 11.9 Å². The summed E-state index contributed by atoms with van der Waals surface area (Å²) in [5.74, 6) is 1.06. The van der Waals surface area contributed by atoms with Gasteiger partial charge in [-0.15, -0.1) is 0 Å². The van der Waals surface area contributed by atoms with Crippen LogP contribution in [0, 0.1) is 0 Å². The Morgan fingerprint density at radius 1 is 1.27 bits per heavy atom. The number of benzene rings is 1. The van der Waals surface area contributed by atoms with Crippen LogP contribution in [0.5, 0.6) is 11.5 Å². The Hall–Kier alpha value is -1.68. The Morgan fingerprint density at radius 2 is 1.95 bits per heavy atom. The van der Waals surface area contributed by atoms with Gasteiger partial charge in [0.25, 0.3) is 0 Å². The normalized spacial score (nSPS) is 15.3. The van der Waals surface area contributed by atoms with Crippen molar-refractivity contribution in [1.82, 2.24) is 4.90 Å². The van der Waals surface area contributed by atoms with Gasteiger partial charge in [-0.25, -0.2) is 0 Å². The minimum Gasteiger partial charge on any atom is -0.493 e. The molecule has 1 saturated carbocycles. The third kappa shape index (κ3) is 3.74. The van der Waals surface area contributed by atoms with Gasteiger partial charge in [-0.2, -0.15) is 0 Å². The smallest absolute Gasteiger partial charge is 0.246 e.